The van der Waals surface area contributed by atoms with E-state index in [0.717, 1.165) is 11.2 Å². The highest BCUT2D eigenvalue weighted by Crippen LogP contribution is 2.30. The number of hydrogen-bond donors (Lipinski definition) is 0. The molecular formula is C15H19N3O2. The SMILES string of the molecule is CCOC(=O)c1cnc2c(c1)ncn2C1CCCCC1. The fraction of sp³-hybridized carbons (Fsp3) is 0.533. The molecule has 106 valence electrons. The number of nitrogens with zero attached hydrogens (tertiary/aromatic N) is 3. The smallest absolute Gasteiger partial charge is 0.339 e. The van der Waals surface area contributed by atoms with Crippen LogP contribution in [-0.4, -0.2) is 27.1 Å². The highest BCUT2D eigenvalue weighted by Gasteiger charge is 2.18. The zero-order chi connectivity index (χ0) is 13.9. The molecule has 0 bridgehead atoms. The molecule has 1 fully saturated rings. The molecule has 0 atom stereocenters. The first-order valence-electron chi connectivity index (χ1n) is 7.29. The van der Waals surface area contributed by atoms with E-state index in [1.165, 1.54) is 32.1 Å². The maximum atomic E-state index is 11.7. The number of ether oxygens (including phenoxy) is 1. The zero-order valence-corrected chi connectivity index (χ0v) is 11.7. The molecule has 5 heteroatoms. The molecular weight excluding hydrogens is 254 g/mol. The Morgan fingerprint density at radius 3 is 2.90 bits per heavy atom. The number of esters is 1. The third kappa shape index (κ3) is 2.40. The molecule has 0 N–H and O–H groups in total. The molecule has 0 saturated heterocycles. The van der Waals surface area contributed by atoms with Crippen molar-refractivity contribution in [1.29, 1.82) is 0 Å². The van der Waals surface area contributed by atoms with Crippen LogP contribution in [0.5, 0.6) is 0 Å². The summed E-state index contributed by atoms with van der Waals surface area (Å²) in [5.41, 5.74) is 2.10. The van der Waals surface area contributed by atoms with Crippen molar-refractivity contribution in [3.8, 4) is 0 Å². The van der Waals surface area contributed by atoms with Crippen molar-refractivity contribution in [3.63, 3.8) is 0 Å². The number of rotatable bonds is 3. The second-order valence-corrected chi connectivity index (χ2v) is 5.23. The highest BCUT2D eigenvalue weighted by atomic mass is 16.5. The lowest BCUT2D eigenvalue weighted by Gasteiger charge is -2.23. The second kappa shape index (κ2) is 5.61. The number of carbonyl (C=O) groups is 1. The number of imidazole rings is 1. The predicted octanol–water partition coefficient (Wildman–Crippen LogP) is 3.11. The molecule has 1 saturated carbocycles. The van der Waals surface area contributed by atoms with Gasteiger partial charge < -0.3 is 9.30 Å². The van der Waals surface area contributed by atoms with E-state index in [1.807, 2.05) is 6.33 Å². The zero-order valence-electron chi connectivity index (χ0n) is 11.7. The molecule has 3 rings (SSSR count). The fourth-order valence-electron chi connectivity index (χ4n) is 2.87. The first-order chi connectivity index (χ1) is 9.79. The molecule has 0 unspecified atom stereocenters. The van der Waals surface area contributed by atoms with Crippen LogP contribution in [0.15, 0.2) is 18.6 Å². The van der Waals surface area contributed by atoms with Crippen LogP contribution in [-0.2, 0) is 4.74 Å². The number of fused-ring (bicyclic) bond motifs is 1. The topological polar surface area (TPSA) is 57.0 Å². The summed E-state index contributed by atoms with van der Waals surface area (Å²) in [6.07, 6.45) is 9.67. The van der Waals surface area contributed by atoms with Gasteiger partial charge in [-0.2, -0.15) is 0 Å². The van der Waals surface area contributed by atoms with Crippen LogP contribution in [0.4, 0.5) is 0 Å². The summed E-state index contributed by atoms with van der Waals surface area (Å²) < 4.78 is 7.14. The van der Waals surface area contributed by atoms with Gasteiger partial charge in [0.05, 0.1) is 18.5 Å². The summed E-state index contributed by atoms with van der Waals surface area (Å²) in [5.74, 6) is -0.339. The average Bonchev–Trinajstić information content (AvgIpc) is 2.91. The minimum atomic E-state index is -0.339. The summed E-state index contributed by atoms with van der Waals surface area (Å²) in [6, 6.07) is 2.26. The number of hydrogen-bond acceptors (Lipinski definition) is 4. The number of pyridine rings is 1. The summed E-state index contributed by atoms with van der Waals surface area (Å²) in [7, 11) is 0. The minimum absolute atomic E-state index is 0.339. The van der Waals surface area contributed by atoms with Crippen LogP contribution in [0, 0.1) is 0 Å². The van der Waals surface area contributed by atoms with Gasteiger partial charge >= 0.3 is 5.97 Å². The van der Waals surface area contributed by atoms with Gasteiger partial charge in [-0.3, -0.25) is 0 Å². The van der Waals surface area contributed by atoms with Gasteiger partial charge in [-0.15, -0.1) is 0 Å². The lowest BCUT2D eigenvalue weighted by Crippen LogP contribution is -2.12. The van der Waals surface area contributed by atoms with Gasteiger partial charge in [-0.05, 0) is 25.8 Å². The first kappa shape index (κ1) is 13.1. The van der Waals surface area contributed by atoms with Crippen molar-refractivity contribution < 1.29 is 9.53 Å². The lowest BCUT2D eigenvalue weighted by molar-refractivity contribution is 0.0526. The van der Waals surface area contributed by atoms with Crippen LogP contribution in [0.3, 0.4) is 0 Å². The summed E-state index contributed by atoms with van der Waals surface area (Å²) in [5, 5.41) is 0. The van der Waals surface area contributed by atoms with Gasteiger partial charge in [0.25, 0.3) is 0 Å². The maximum absolute atomic E-state index is 11.7. The molecule has 0 amide bonds. The van der Waals surface area contributed by atoms with Crippen LogP contribution in [0.2, 0.25) is 0 Å². The largest absolute Gasteiger partial charge is 0.462 e. The summed E-state index contributed by atoms with van der Waals surface area (Å²) >= 11 is 0. The number of carbonyl (C=O) groups excluding carboxylic acids is 1. The van der Waals surface area contributed by atoms with Gasteiger partial charge in [0.15, 0.2) is 5.65 Å². The van der Waals surface area contributed by atoms with Crippen LogP contribution in [0.1, 0.15) is 55.4 Å². The monoisotopic (exact) mass is 273 g/mol. The van der Waals surface area contributed by atoms with Crippen molar-refractivity contribution >= 4 is 17.1 Å². The molecule has 2 aromatic rings. The Bertz CT molecular complexity index is 615. The van der Waals surface area contributed by atoms with Crippen LogP contribution >= 0.6 is 0 Å². The van der Waals surface area contributed by atoms with E-state index in [0.29, 0.717) is 18.2 Å². The van der Waals surface area contributed by atoms with E-state index >= 15 is 0 Å². The average molecular weight is 273 g/mol. The Hall–Kier alpha value is -1.91. The molecule has 1 aliphatic rings. The molecule has 0 spiro atoms. The van der Waals surface area contributed by atoms with E-state index in [1.54, 1.807) is 19.2 Å². The van der Waals surface area contributed by atoms with Crippen molar-refractivity contribution in [2.24, 2.45) is 0 Å². The van der Waals surface area contributed by atoms with Crippen molar-refractivity contribution in [1.82, 2.24) is 14.5 Å². The van der Waals surface area contributed by atoms with Crippen molar-refractivity contribution in [3.05, 3.63) is 24.2 Å². The Labute approximate surface area is 118 Å². The molecule has 1 aliphatic carbocycles. The fourth-order valence-corrected chi connectivity index (χ4v) is 2.87. The van der Waals surface area contributed by atoms with E-state index < -0.39 is 0 Å². The lowest BCUT2D eigenvalue weighted by atomic mass is 9.95. The summed E-state index contributed by atoms with van der Waals surface area (Å²) in [6.45, 7) is 2.16. The van der Waals surface area contributed by atoms with Crippen LogP contribution in [0.25, 0.3) is 11.2 Å². The van der Waals surface area contributed by atoms with E-state index in [-0.39, 0.29) is 5.97 Å². The first-order valence-corrected chi connectivity index (χ1v) is 7.29. The van der Waals surface area contributed by atoms with Gasteiger partial charge in [-0.1, -0.05) is 19.3 Å². The van der Waals surface area contributed by atoms with E-state index in [2.05, 4.69) is 14.5 Å². The molecule has 5 nitrogen and oxygen atoms in total. The van der Waals surface area contributed by atoms with Gasteiger partial charge in [-0.25, -0.2) is 14.8 Å². The van der Waals surface area contributed by atoms with Crippen molar-refractivity contribution in [2.45, 2.75) is 45.1 Å². The highest BCUT2D eigenvalue weighted by molar-refractivity contribution is 5.92. The Morgan fingerprint density at radius 1 is 1.35 bits per heavy atom. The van der Waals surface area contributed by atoms with Gasteiger partial charge in [0.1, 0.15) is 5.52 Å². The normalized spacial score (nSPS) is 16.4. The standard InChI is InChI=1S/C15H19N3O2/c1-2-20-15(19)11-8-13-14(16-9-11)18(10-17-13)12-6-4-3-5-7-12/h8-10,12H,2-7H2,1H3. The van der Waals surface area contributed by atoms with Gasteiger partial charge in [0.2, 0.25) is 0 Å². The third-order valence-corrected chi connectivity index (χ3v) is 3.89. The second-order valence-electron chi connectivity index (χ2n) is 5.23. The molecule has 2 aromatic heterocycles. The maximum Gasteiger partial charge on any atom is 0.339 e. The summed E-state index contributed by atoms with van der Waals surface area (Å²) in [4.78, 5) is 20.5. The molecule has 20 heavy (non-hydrogen) atoms. The molecule has 0 aliphatic heterocycles. The Balaban J connectivity index is 1.91. The van der Waals surface area contributed by atoms with Gasteiger partial charge in [0, 0.05) is 12.2 Å². The minimum Gasteiger partial charge on any atom is -0.462 e. The Morgan fingerprint density at radius 2 is 2.15 bits per heavy atom. The number of aromatic nitrogens is 3. The Kier molecular flexibility index (Phi) is 3.67. The molecule has 0 aromatic carbocycles. The van der Waals surface area contributed by atoms with E-state index in [4.69, 9.17) is 4.74 Å². The van der Waals surface area contributed by atoms with E-state index in [9.17, 15) is 4.79 Å². The predicted molar refractivity (Wildman–Crippen MR) is 75.6 cm³/mol. The molecule has 0 radical (unpaired) electrons. The quantitative estimate of drug-likeness (QED) is 0.806. The third-order valence-electron chi connectivity index (χ3n) is 3.89. The molecule has 2 heterocycles. The van der Waals surface area contributed by atoms with Crippen molar-refractivity contribution in [2.75, 3.05) is 6.61 Å². The van der Waals surface area contributed by atoms with Crippen LogP contribution < -0.4 is 0 Å².